The minimum absolute atomic E-state index is 0.132. The number of ether oxygens (including phenoxy) is 2. The predicted molar refractivity (Wildman–Crippen MR) is 144 cm³/mol. The van der Waals surface area contributed by atoms with Crippen molar-refractivity contribution >= 4 is 28.5 Å². The van der Waals surface area contributed by atoms with Crippen molar-refractivity contribution in [1.29, 1.82) is 0 Å². The monoisotopic (exact) mass is 503 g/mol. The maximum absolute atomic E-state index is 12.4. The van der Waals surface area contributed by atoms with E-state index in [4.69, 9.17) is 26.1 Å². The summed E-state index contributed by atoms with van der Waals surface area (Å²) in [7, 11) is 1.65. The number of nitrogens with one attached hydrogen (secondary N) is 1. The van der Waals surface area contributed by atoms with Crippen LogP contribution in [0.4, 0.5) is 0 Å². The van der Waals surface area contributed by atoms with Gasteiger partial charge in [-0.3, -0.25) is 4.79 Å². The van der Waals surface area contributed by atoms with Gasteiger partial charge in [0.2, 0.25) is 0 Å². The second kappa shape index (κ2) is 12.3. The van der Waals surface area contributed by atoms with E-state index in [-0.39, 0.29) is 5.91 Å². The molecule has 6 nitrogen and oxygen atoms in total. The van der Waals surface area contributed by atoms with Crippen LogP contribution < -0.4 is 14.8 Å². The van der Waals surface area contributed by atoms with E-state index in [9.17, 15) is 4.79 Å². The van der Waals surface area contributed by atoms with E-state index in [1.54, 1.807) is 31.4 Å². The first-order valence-corrected chi connectivity index (χ1v) is 12.4. The van der Waals surface area contributed by atoms with E-state index in [2.05, 4.69) is 22.5 Å². The van der Waals surface area contributed by atoms with Crippen LogP contribution in [0.3, 0.4) is 0 Å². The van der Waals surface area contributed by atoms with Crippen molar-refractivity contribution in [3.05, 3.63) is 101 Å². The van der Waals surface area contributed by atoms with Crippen molar-refractivity contribution in [2.24, 2.45) is 0 Å². The molecule has 186 valence electrons. The molecule has 1 aromatic heterocycles. The quantitative estimate of drug-likeness (QED) is 0.194. The Morgan fingerprint density at radius 2 is 1.97 bits per heavy atom. The van der Waals surface area contributed by atoms with Gasteiger partial charge in [0.15, 0.2) is 11.5 Å². The van der Waals surface area contributed by atoms with Crippen LogP contribution in [0.2, 0.25) is 5.02 Å². The average Bonchev–Trinajstić information content (AvgIpc) is 3.24. The number of para-hydroxylation sites is 2. The Balaban J connectivity index is 1.38. The summed E-state index contributed by atoms with van der Waals surface area (Å²) < 4.78 is 13.8. The number of rotatable bonds is 12. The lowest BCUT2D eigenvalue weighted by molar-refractivity contribution is 0.0953. The third-order valence-electron chi connectivity index (χ3n) is 5.86. The van der Waals surface area contributed by atoms with Gasteiger partial charge >= 0.3 is 0 Å². The summed E-state index contributed by atoms with van der Waals surface area (Å²) in [5.74, 6) is 2.25. The van der Waals surface area contributed by atoms with Crippen molar-refractivity contribution < 1.29 is 14.3 Å². The highest BCUT2D eigenvalue weighted by Gasteiger charge is 2.12. The number of allylic oxidation sites excluding steroid dienone is 1. The van der Waals surface area contributed by atoms with Gasteiger partial charge in [-0.05, 0) is 60.9 Å². The lowest BCUT2D eigenvalue weighted by Gasteiger charge is -2.14. The van der Waals surface area contributed by atoms with Gasteiger partial charge in [-0.2, -0.15) is 0 Å². The summed E-state index contributed by atoms with van der Waals surface area (Å²) in [6.07, 6.45) is 4.13. The second-order valence-corrected chi connectivity index (χ2v) is 8.80. The SMILES string of the molecule is C=CCc1ccc(OCCn2c(CCCNC(=O)c3cccc(Cl)c3)nc3ccccc32)c(OC)c1. The summed E-state index contributed by atoms with van der Waals surface area (Å²) in [6.45, 7) is 5.44. The number of hydrogen-bond donors (Lipinski definition) is 1. The molecule has 0 unspecified atom stereocenters. The molecule has 4 rings (SSSR count). The first-order valence-electron chi connectivity index (χ1n) is 12.0. The molecular weight excluding hydrogens is 474 g/mol. The van der Waals surface area contributed by atoms with Crippen molar-refractivity contribution in [3.63, 3.8) is 0 Å². The first kappa shape index (κ1) is 25.3. The molecule has 0 saturated carbocycles. The highest BCUT2D eigenvalue weighted by molar-refractivity contribution is 6.30. The number of methoxy groups -OCH3 is 1. The fourth-order valence-electron chi connectivity index (χ4n) is 4.12. The topological polar surface area (TPSA) is 65.4 Å². The fraction of sp³-hybridized carbons (Fsp3) is 0.241. The van der Waals surface area contributed by atoms with Crippen LogP contribution in [0.5, 0.6) is 11.5 Å². The van der Waals surface area contributed by atoms with Crippen LogP contribution in [-0.2, 0) is 19.4 Å². The molecule has 1 heterocycles. The van der Waals surface area contributed by atoms with E-state index in [1.165, 1.54) is 0 Å². The van der Waals surface area contributed by atoms with E-state index >= 15 is 0 Å². The van der Waals surface area contributed by atoms with Gasteiger partial charge in [-0.25, -0.2) is 4.98 Å². The van der Waals surface area contributed by atoms with E-state index in [0.717, 1.165) is 41.7 Å². The largest absolute Gasteiger partial charge is 0.493 e. The third kappa shape index (κ3) is 6.26. The van der Waals surface area contributed by atoms with Crippen LogP contribution in [0, 0.1) is 0 Å². The highest BCUT2D eigenvalue weighted by Crippen LogP contribution is 2.28. The maximum atomic E-state index is 12.4. The Labute approximate surface area is 216 Å². The number of fused-ring (bicyclic) bond motifs is 1. The maximum Gasteiger partial charge on any atom is 0.251 e. The van der Waals surface area contributed by atoms with Crippen LogP contribution >= 0.6 is 11.6 Å². The number of amides is 1. The fourth-order valence-corrected chi connectivity index (χ4v) is 4.31. The Morgan fingerprint density at radius 3 is 2.78 bits per heavy atom. The zero-order valence-corrected chi connectivity index (χ0v) is 21.1. The van der Waals surface area contributed by atoms with Crippen molar-refractivity contribution in [1.82, 2.24) is 14.9 Å². The van der Waals surface area contributed by atoms with Crippen molar-refractivity contribution in [2.75, 3.05) is 20.3 Å². The van der Waals surface area contributed by atoms with Gasteiger partial charge in [0, 0.05) is 23.6 Å². The molecule has 1 N–H and O–H groups in total. The molecule has 0 spiro atoms. The lowest BCUT2D eigenvalue weighted by atomic mass is 10.1. The van der Waals surface area contributed by atoms with Gasteiger partial charge in [-0.1, -0.05) is 41.9 Å². The summed E-state index contributed by atoms with van der Waals surface area (Å²) in [5.41, 5.74) is 3.69. The summed E-state index contributed by atoms with van der Waals surface area (Å²) in [6, 6.07) is 21.0. The number of aryl methyl sites for hydroxylation is 1. The van der Waals surface area contributed by atoms with Gasteiger partial charge in [0.05, 0.1) is 24.7 Å². The molecule has 0 fully saturated rings. The molecule has 0 radical (unpaired) electrons. The second-order valence-electron chi connectivity index (χ2n) is 8.36. The zero-order valence-electron chi connectivity index (χ0n) is 20.4. The molecule has 0 aliphatic heterocycles. The Hall–Kier alpha value is -3.77. The molecule has 0 aliphatic carbocycles. The van der Waals surface area contributed by atoms with Crippen molar-refractivity contribution in [2.45, 2.75) is 25.8 Å². The van der Waals surface area contributed by atoms with Crippen molar-refractivity contribution in [3.8, 4) is 11.5 Å². The number of carbonyl (C=O) groups is 1. The van der Waals surface area contributed by atoms with Crippen LogP contribution in [0.15, 0.2) is 79.4 Å². The number of carbonyl (C=O) groups excluding carboxylic acids is 1. The van der Waals surface area contributed by atoms with E-state index in [0.29, 0.717) is 41.8 Å². The minimum Gasteiger partial charge on any atom is -0.493 e. The number of halogens is 1. The first-order chi connectivity index (χ1) is 17.6. The Morgan fingerprint density at radius 1 is 1.11 bits per heavy atom. The van der Waals surface area contributed by atoms with Crippen LogP contribution in [0.25, 0.3) is 11.0 Å². The number of imidazole rings is 1. The molecule has 0 bridgehead atoms. The molecule has 0 atom stereocenters. The van der Waals surface area contributed by atoms with Gasteiger partial charge in [0.1, 0.15) is 12.4 Å². The van der Waals surface area contributed by atoms with Crippen LogP contribution in [0.1, 0.15) is 28.2 Å². The Kier molecular flexibility index (Phi) is 8.63. The number of benzene rings is 3. The normalized spacial score (nSPS) is 10.8. The average molecular weight is 504 g/mol. The zero-order chi connectivity index (χ0) is 25.3. The molecule has 4 aromatic rings. The predicted octanol–water partition coefficient (Wildman–Crippen LogP) is 5.87. The number of hydrogen-bond acceptors (Lipinski definition) is 4. The molecule has 0 saturated heterocycles. The molecular formula is C29H30ClN3O3. The van der Waals surface area contributed by atoms with E-state index < -0.39 is 0 Å². The Bertz CT molecular complexity index is 1350. The summed E-state index contributed by atoms with van der Waals surface area (Å²) in [4.78, 5) is 17.2. The summed E-state index contributed by atoms with van der Waals surface area (Å²) >= 11 is 5.99. The lowest BCUT2D eigenvalue weighted by Crippen LogP contribution is -2.25. The van der Waals surface area contributed by atoms with Gasteiger partial charge < -0.3 is 19.4 Å². The van der Waals surface area contributed by atoms with E-state index in [1.807, 2.05) is 42.5 Å². The minimum atomic E-state index is -0.132. The van der Waals surface area contributed by atoms with Gasteiger partial charge in [0.25, 0.3) is 5.91 Å². The molecule has 3 aromatic carbocycles. The molecule has 1 amide bonds. The number of nitrogens with zero attached hydrogens (tertiary/aromatic N) is 2. The van der Waals surface area contributed by atoms with Gasteiger partial charge in [-0.15, -0.1) is 6.58 Å². The standard InChI is InChI=1S/C29H30ClN3O3/c1-3-8-21-14-15-26(27(19-21)35-2)36-18-17-33-25-12-5-4-11-24(25)32-28(33)13-7-16-31-29(34)22-9-6-10-23(30)20-22/h3-6,9-12,14-15,19-20H,1,7-8,13,16-18H2,2H3,(H,31,34). The molecule has 36 heavy (non-hydrogen) atoms. The third-order valence-corrected chi connectivity index (χ3v) is 6.10. The van der Waals surface area contributed by atoms with Crippen LogP contribution in [-0.4, -0.2) is 35.7 Å². The summed E-state index contributed by atoms with van der Waals surface area (Å²) in [5, 5.41) is 3.51. The highest BCUT2D eigenvalue weighted by atomic mass is 35.5. The molecule has 7 heteroatoms. The smallest absolute Gasteiger partial charge is 0.251 e. The molecule has 0 aliphatic rings. The number of aromatic nitrogens is 2.